The first-order chi connectivity index (χ1) is 27.3. The molecule has 0 N–H and O–H groups in total. The van der Waals surface area contributed by atoms with Crippen LogP contribution in [0.3, 0.4) is 0 Å². The van der Waals surface area contributed by atoms with Gasteiger partial charge >= 0.3 is 0 Å². The van der Waals surface area contributed by atoms with Crippen molar-refractivity contribution < 1.29 is 4.42 Å². The van der Waals surface area contributed by atoms with Crippen molar-refractivity contribution >= 4 is 39.0 Å². The molecule has 3 aliphatic rings. The van der Waals surface area contributed by atoms with E-state index >= 15 is 0 Å². The summed E-state index contributed by atoms with van der Waals surface area (Å²) in [6.45, 7) is 0. The highest BCUT2D eigenvalue weighted by Crippen LogP contribution is 2.64. The van der Waals surface area contributed by atoms with E-state index in [1.807, 2.05) is 6.07 Å². The zero-order valence-electron chi connectivity index (χ0n) is 30.4. The van der Waals surface area contributed by atoms with E-state index in [0.717, 1.165) is 46.2 Å². The van der Waals surface area contributed by atoms with Gasteiger partial charge in [0.2, 0.25) is 0 Å². The van der Waals surface area contributed by atoms with Crippen LogP contribution in [0, 0.1) is 0 Å². The molecule has 0 saturated carbocycles. The van der Waals surface area contributed by atoms with Crippen LogP contribution in [-0.2, 0) is 18.3 Å². The van der Waals surface area contributed by atoms with Crippen molar-refractivity contribution in [3.05, 3.63) is 209 Å². The average Bonchev–Trinajstić information content (AvgIpc) is 3.87. The fourth-order valence-electron chi connectivity index (χ4n) is 10.4. The fourth-order valence-corrected chi connectivity index (χ4v) is 10.4. The maximum Gasteiger partial charge on any atom is 0.135 e. The van der Waals surface area contributed by atoms with Gasteiger partial charge in [-0.2, -0.15) is 0 Å². The van der Waals surface area contributed by atoms with E-state index in [-0.39, 0.29) is 0 Å². The van der Waals surface area contributed by atoms with Gasteiger partial charge in [-0.05, 0) is 135 Å². The highest BCUT2D eigenvalue weighted by Gasteiger charge is 2.52. The van der Waals surface area contributed by atoms with Gasteiger partial charge in [-0.15, -0.1) is 0 Å². The second kappa shape index (κ2) is 11.7. The van der Waals surface area contributed by atoms with E-state index < -0.39 is 5.41 Å². The summed E-state index contributed by atoms with van der Waals surface area (Å²) in [7, 11) is 0. The van der Waals surface area contributed by atoms with Crippen molar-refractivity contribution in [1.82, 2.24) is 0 Å². The van der Waals surface area contributed by atoms with Gasteiger partial charge in [-0.1, -0.05) is 127 Å². The number of hydrogen-bond acceptors (Lipinski definition) is 2. The lowest BCUT2D eigenvalue weighted by atomic mass is 9.70. The fraction of sp³-hybridized carbons (Fsp3) is 0.0943. The van der Waals surface area contributed by atoms with Gasteiger partial charge in [-0.25, -0.2) is 0 Å². The third-order valence-electron chi connectivity index (χ3n) is 12.7. The van der Waals surface area contributed by atoms with Gasteiger partial charge in [0.25, 0.3) is 0 Å². The summed E-state index contributed by atoms with van der Waals surface area (Å²) in [4.78, 5) is 2.50. The summed E-state index contributed by atoms with van der Waals surface area (Å²) < 4.78 is 6.36. The third kappa shape index (κ3) is 4.25. The molecular formula is C53H37NO. The molecule has 55 heavy (non-hydrogen) atoms. The molecule has 1 aromatic heterocycles. The third-order valence-corrected chi connectivity index (χ3v) is 12.7. The SMILES string of the molecule is c1ccc(N(c2ccc3oc4ccccc4c3c2)c2cc3c(cc2-c2cccc4c2CCCC4)-c2ccccc2C32c3ccccc3-c3ccccc32)cc1. The number of anilines is 3. The highest BCUT2D eigenvalue weighted by molar-refractivity contribution is 6.07. The minimum absolute atomic E-state index is 0.449. The van der Waals surface area contributed by atoms with Crippen LogP contribution in [-0.4, -0.2) is 0 Å². The predicted molar refractivity (Wildman–Crippen MR) is 227 cm³/mol. The second-order valence-electron chi connectivity index (χ2n) is 15.4. The van der Waals surface area contributed by atoms with Gasteiger partial charge in [0, 0.05) is 27.7 Å². The van der Waals surface area contributed by atoms with Crippen LogP contribution in [0.4, 0.5) is 17.1 Å². The molecule has 8 aromatic carbocycles. The molecule has 2 heteroatoms. The smallest absolute Gasteiger partial charge is 0.135 e. The molecule has 0 atom stereocenters. The standard InChI is InChI=1S/C53H37NO/c1-2-17-35(18-3-1)54(36-29-30-52-45(31-36)42-23-9-13-28-51(42)55-52)50-33-49-43(32-44(50)38-24-14-16-34-15-4-5-19-37(34)38)41-22-8-12-27-48(41)53(49)46-25-10-6-20-39(46)40-21-7-11-26-47(40)53/h1-3,6-14,16-18,20-33H,4-5,15,19H2. The van der Waals surface area contributed by atoms with Gasteiger partial charge in [0.1, 0.15) is 11.2 Å². The number of benzene rings is 8. The van der Waals surface area contributed by atoms with Crippen molar-refractivity contribution in [3.63, 3.8) is 0 Å². The van der Waals surface area contributed by atoms with Crippen LogP contribution < -0.4 is 4.90 Å². The number of fused-ring (bicyclic) bond motifs is 14. The van der Waals surface area contributed by atoms with Crippen molar-refractivity contribution in [2.45, 2.75) is 31.1 Å². The number of hydrogen-bond donors (Lipinski definition) is 0. The molecule has 0 radical (unpaired) electrons. The van der Waals surface area contributed by atoms with E-state index in [2.05, 4.69) is 175 Å². The minimum atomic E-state index is -0.449. The summed E-state index contributed by atoms with van der Waals surface area (Å²) in [5.74, 6) is 0. The zero-order valence-corrected chi connectivity index (χ0v) is 30.4. The van der Waals surface area contributed by atoms with Crippen molar-refractivity contribution in [2.75, 3.05) is 4.90 Å². The number of nitrogens with zero attached hydrogens (tertiary/aromatic N) is 1. The first kappa shape index (κ1) is 30.8. The molecular weight excluding hydrogens is 667 g/mol. The molecule has 1 heterocycles. The monoisotopic (exact) mass is 703 g/mol. The second-order valence-corrected chi connectivity index (χ2v) is 15.4. The van der Waals surface area contributed by atoms with E-state index in [1.54, 1.807) is 0 Å². The molecule has 9 aromatic rings. The number of rotatable bonds is 4. The molecule has 260 valence electrons. The Bertz CT molecular complexity index is 2960. The zero-order chi connectivity index (χ0) is 36.1. The van der Waals surface area contributed by atoms with Gasteiger partial charge in [-0.3, -0.25) is 0 Å². The molecule has 0 unspecified atom stereocenters. The first-order valence-electron chi connectivity index (χ1n) is 19.6. The summed E-state index contributed by atoms with van der Waals surface area (Å²) in [6, 6.07) is 65.5. The van der Waals surface area contributed by atoms with Gasteiger partial charge < -0.3 is 9.32 Å². The average molecular weight is 704 g/mol. The van der Waals surface area contributed by atoms with E-state index in [1.165, 1.54) is 85.3 Å². The number of furan rings is 1. The lowest BCUT2D eigenvalue weighted by Crippen LogP contribution is -2.26. The van der Waals surface area contributed by atoms with Crippen LogP contribution in [0.5, 0.6) is 0 Å². The Labute approximate surface area is 320 Å². The highest BCUT2D eigenvalue weighted by atomic mass is 16.3. The lowest BCUT2D eigenvalue weighted by Gasteiger charge is -2.34. The lowest BCUT2D eigenvalue weighted by molar-refractivity contribution is 0.669. The van der Waals surface area contributed by atoms with Crippen molar-refractivity contribution in [1.29, 1.82) is 0 Å². The minimum Gasteiger partial charge on any atom is -0.456 e. The summed E-state index contributed by atoms with van der Waals surface area (Å²) in [5, 5.41) is 2.25. The topological polar surface area (TPSA) is 16.4 Å². The summed E-state index contributed by atoms with van der Waals surface area (Å²) in [5.41, 5.74) is 21.1. The maximum atomic E-state index is 6.36. The molecule has 3 aliphatic carbocycles. The Morgan fingerprint density at radius 1 is 0.400 bits per heavy atom. The molecule has 0 aliphatic heterocycles. The van der Waals surface area contributed by atoms with Gasteiger partial charge in [0.15, 0.2) is 0 Å². The molecule has 2 nitrogen and oxygen atoms in total. The number of aryl methyl sites for hydroxylation is 1. The van der Waals surface area contributed by atoms with Crippen molar-refractivity contribution in [2.24, 2.45) is 0 Å². The Balaban J connectivity index is 1.22. The first-order valence-corrected chi connectivity index (χ1v) is 19.6. The quantitative estimate of drug-likeness (QED) is 0.181. The van der Waals surface area contributed by atoms with E-state index in [0.29, 0.717) is 0 Å². The van der Waals surface area contributed by atoms with E-state index in [4.69, 9.17) is 4.42 Å². The van der Waals surface area contributed by atoms with Gasteiger partial charge in [0.05, 0.1) is 11.1 Å². The summed E-state index contributed by atoms with van der Waals surface area (Å²) >= 11 is 0. The van der Waals surface area contributed by atoms with Crippen molar-refractivity contribution in [3.8, 4) is 33.4 Å². The molecule has 0 amide bonds. The Morgan fingerprint density at radius 3 is 1.78 bits per heavy atom. The Morgan fingerprint density at radius 2 is 1.02 bits per heavy atom. The van der Waals surface area contributed by atoms with E-state index in [9.17, 15) is 0 Å². The molecule has 0 bridgehead atoms. The maximum absolute atomic E-state index is 6.36. The van der Waals surface area contributed by atoms with Crippen LogP contribution >= 0.6 is 0 Å². The van der Waals surface area contributed by atoms with Crippen LogP contribution in [0.1, 0.15) is 46.2 Å². The van der Waals surface area contributed by atoms with Crippen LogP contribution in [0.2, 0.25) is 0 Å². The largest absolute Gasteiger partial charge is 0.456 e. The van der Waals surface area contributed by atoms with Crippen LogP contribution in [0.25, 0.3) is 55.3 Å². The summed E-state index contributed by atoms with van der Waals surface area (Å²) in [6.07, 6.45) is 4.70. The molecule has 0 fully saturated rings. The predicted octanol–water partition coefficient (Wildman–Crippen LogP) is 13.9. The normalized spacial score (nSPS) is 14.4. The molecule has 12 rings (SSSR count). The Hall–Kier alpha value is -6.64. The molecule has 0 saturated heterocycles. The number of para-hydroxylation sites is 2. The Kier molecular flexibility index (Phi) is 6.54. The van der Waals surface area contributed by atoms with Crippen LogP contribution in [0.15, 0.2) is 180 Å². The molecule has 1 spiro atoms.